The van der Waals surface area contributed by atoms with E-state index in [1.54, 1.807) is 29.2 Å². The van der Waals surface area contributed by atoms with Crippen molar-refractivity contribution in [3.05, 3.63) is 52.3 Å². The summed E-state index contributed by atoms with van der Waals surface area (Å²) in [7, 11) is 1.53. The van der Waals surface area contributed by atoms with Gasteiger partial charge in [0.05, 0.1) is 0 Å². The number of halogens is 1. The fourth-order valence-corrected chi connectivity index (χ4v) is 2.78. The topological polar surface area (TPSA) is 76.5 Å². The predicted molar refractivity (Wildman–Crippen MR) is 97.1 cm³/mol. The van der Waals surface area contributed by atoms with Gasteiger partial charge in [-0.05, 0) is 23.8 Å². The van der Waals surface area contributed by atoms with Crippen molar-refractivity contribution >= 4 is 11.8 Å². The minimum atomic E-state index is -0.488. The number of alkyl halides is 1. The first-order chi connectivity index (χ1) is 12.5. The lowest BCUT2D eigenvalue weighted by atomic mass is 10.1. The quantitative estimate of drug-likeness (QED) is 0.907. The zero-order valence-electron chi connectivity index (χ0n) is 14.5. The first-order valence-electron chi connectivity index (χ1n) is 8.47. The van der Waals surface area contributed by atoms with Crippen LogP contribution in [0.5, 0.6) is 5.75 Å². The molecule has 0 spiro atoms. The molecule has 0 unspecified atom stereocenters. The van der Waals surface area contributed by atoms with E-state index < -0.39 is 6.67 Å². The molecule has 0 saturated carbocycles. The molecule has 1 fully saturated rings. The number of hydrogen-bond donors (Lipinski definition) is 1. The molecule has 3 rings (SSSR count). The number of benzene rings is 1. The summed E-state index contributed by atoms with van der Waals surface area (Å²) in [4.78, 5) is 25.3. The minimum Gasteiger partial charge on any atom is -0.490 e. The Hall–Kier alpha value is -2.90. The molecule has 1 aliphatic rings. The zero-order chi connectivity index (χ0) is 18.5. The molecule has 26 heavy (non-hydrogen) atoms. The Kier molecular flexibility index (Phi) is 5.50. The molecule has 1 aromatic carbocycles. The number of amides is 2. The van der Waals surface area contributed by atoms with Crippen LogP contribution >= 0.6 is 0 Å². The number of piperidine rings is 1. The Balaban J connectivity index is 0.00000261. The summed E-state index contributed by atoms with van der Waals surface area (Å²) in [6, 6.07) is 9.53. The molecule has 1 N–H and O–H groups in total. The molecular formula is C18H23FN4O3. The molecule has 0 atom stereocenters. The number of carbonyl (C=O) groups is 1. The van der Waals surface area contributed by atoms with E-state index >= 15 is 0 Å². The van der Waals surface area contributed by atoms with Gasteiger partial charge in [0.25, 0.3) is 5.56 Å². The Bertz CT molecular complexity index is 820. The number of urea groups is 1. The molecule has 1 aromatic heterocycles. The van der Waals surface area contributed by atoms with Crippen LogP contribution in [-0.2, 0) is 13.7 Å². The first-order valence-corrected chi connectivity index (χ1v) is 8.47. The largest absolute Gasteiger partial charge is 0.490 e. The van der Waals surface area contributed by atoms with Crippen molar-refractivity contribution in [2.24, 2.45) is 7.05 Å². The second-order valence-corrected chi connectivity index (χ2v) is 6.19. The average molecular weight is 362 g/mol. The van der Waals surface area contributed by atoms with E-state index in [0.29, 0.717) is 43.1 Å². The lowest BCUT2D eigenvalue weighted by molar-refractivity contribution is 0.115. The van der Waals surface area contributed by atoms with Crippen molar-refractivity contribution in [2.45, 2.75) is 25.6 Å². The molecule has 140 valence electrons. The molecule has 2 amide bonds. The fourth-order valence-electron chi connectivity index (χ4n) is 2.78. The Morgan fingerprint density at radius 2 is 1.96 bits per heavy atom. The van der Waals surface area contributed by atoms with Crippen LogP contribution in [0.25, 0.3) is 0 Å². The van der Waals surface area contributed by atoms with Crippen LogP contribution in [0.2, 0.25) is 0 Å². The predicted octanol–water partition coefficient (Wildman–Crippen LogP) is 2.57. The van der Waals surface area contributed by atoms with Crippen LogP contribution in [0.4, 0.5) is 15.0 Å². The number of nitrogens with one attached hydrogen (secondary N) is 1. The highest BCUT2D eigenvalue weighted by molar-refractivity contribution is 5.88. The zero-order valence-corrected chi connectivity index (χ0v) is 14.5. The number of nitrogens with zero attached hydrogens (tertiary/aromatic N) is 3. The van der Waals surface area contributed by atoms with Crippen LogP contribution in [0, 0.1) is 0 Å². The number of anilines is 1. The van der Waals surface area contributed by atoms with Crippen molar-refractivity contribution < 1.29 is 15.3 Å². The highest BCUT2D eigenvalue weighted by Gasteiger charge is 2.24. The molecule has 0 radical (unpaired) electrons. The summed E-state index contributed by atoms with van der Waals surface area (Å²) in [6.07, 6.45) is 1.43. The number of aryl methyl sites for hydroxylation is 1. The molecule has 0 aliphatic carbocycles. The third-order valence-corrected chi connectivity index (χ3v) is 4.31. The summed E-state index contributed by atoms with van der Waals surface area (Å²) < 4.78 is 19.6. The van der Waals surface area contributed by atoms with Gasteiger partial charge >= 0.3 is 6.03 Å². The fraction of sp³-hybridized carbons (Fsp3) is 0.389. The standard InChI is InChI=1S/C18H21FN4O3.H2/c1-22-17(24)7-6-16(21-22)20-18(25)23-10-8-15(9-11-23)26-14-4-2-13(12-19)3-5-14;/h2-7,15H,8-12H2,1H3,(H,20,21,25);1H. The van der Waals surface area contributed by atoms with E-state index in [4.69, 9.17) is 4.74 Å². The van der Waals surface area contributed by atoms with Crippen LogP contribution in [0.15, 0.2) is 41.2 Å². The maximum Gasteiger partial charge on any atom is 0.323 e. The third kappa shape index (κ3) is 4.38. The van der Waals surface area contributed by atoms with Crippen LogP contribution in [0.3, 0.4) is 0 Å². The Morgan fingerprint density at radius 3 is 2.58 bits per heavy atom. The third-order valence-electron chi connectivity index (χ3n) is 4.31. The maximum absolute atomic E-state index is 12.5. The first kappa shape index (κ1) is 17.9. The van der Waals surface area contributed by atoms with Crippen molar-refractivity contribution in [3.8, 4) is 5.75 Å². The smallest absolute Gasteiger partial charge is 0.323 e. The lowest BCUT2D eigenvalue weighted by Crippen LogP contribution is -2.44. The van der Waals surface area contributed by atoms with E-state index in [-0.39, 0.29) is 19.1 Å². The van der Waals surface area contributed by atoms with Crippen molar-refractivity contribution in [3.63, 3.8) is 0 Å². The van der Waals surface area contributed by atoms with Gasteiger partial charge in [-0.3, -0.25) is 10.1 Å². The number of hydrogen-bond acceptors (Lipinski definition) is 4. The monoisotopic (exact) mass is 362 g/mol. The van der Waals surface area contributed by atoms with Gasteiger partial charge in [0, 0.05) is 40.5 Å². The van der Waals surface area contributed by atoms with Gasteiger partial charge in [-0.1, -0.05) is 12.1 Å². The molecule has 1 saturated heterocycles. The molecular weight excluding hydrogens is 339 g/mol. The Labute approximate surface area is 151 Å². The second-order valence-electron chi connectivity index (χ2n) is 6.19. The summed E-state index contributed by atoms with van der Waals surface area (Å²) in [6.45, 7) is 0.633. The molecule has 7 nitrogen and oxygen atoms in total. The molecule has 2 heterocycles. The molecule has 0 bridgehead atoms. The van der Waals surface area contributed by atoms with E-state index in [1.807, 2.05) is 0 Å². The van der Waals surface area contributed by atoms with Gasteiger partial charge in [0.1, 0.15) is 18.5 Å². The van der Waals surface area contributed by atoms with E-state index in [1.165, 1.54) is 23.9 Å². The van der Waals surface area contributed by atoms with Gasteiger partial charge in [-0.2, -0.15) is 5.10 Å². The Morgan fingerprint density at radius 1 is 1.27 bits per heavy atom. The van der Waals surface area contributed by atoms with Crippen molar-refractivity contribution in [2.75, 3.05) is 18.4 Å². The van der Waals surface area contributed by atoms with Crippen molar-refractivity contribution in [1.29, 1.82) is 0 Å². The van der Waals surface area contributed by atoms with Crippen LogP contribution < -0.4 is 15.6 Å². The SMILES string of the molecule is Cn1nc(NC(=O)N2CCC(Oc3ccc(CF)cc3)CC2)ccc1=O.[HH]. The van der Waals surface area contributed by atoms with Gasteiger partial charge in [0.2, 0.25) is 0 Å². The summed E-state index contributed by atoms with van der Waals surface area (Å²) in [5, 5.41) is 6.68. The number of rotatable bonds is 4. The highest BCUT2D eigenvalue weighted by atomic mass is 19.1. The second kappa shape index (κ2) is 7.99. The summed E-state index contributed by atoms with van der Waals surface area (Å²) >= 11 is 0. The van der Waals surface area contributed by atoms with Crippen LogP contribution in [-0.4, -0.2) is 39.9 Å². The number of aromatic nitrogens is 2. The molecule has 8 heteroatoms. The van der Waals surface area contributed by atoms with E-state index in [2.05, 4.69) is 10.4 Å². The number of ether oxygens (including phenoxy) is 1. The normalized spacial score (nSPS) is 14.9. The highest BCUT2D eigenvalue weighted by Crippen LogP contribution is 2.20. The summed E-state index contributed by atoms with van der Waals surface area (Å²) in [5.74, 6) is 1.04. The van der Waals surface area contributed by atoms with Crippen LogP contribution in [0.1, 0.15) is 19.8 Å². The maximum atomic E-state index is 12.5. The van der Waals surface area contributed by atoms with Gasteiger partial charge < -0.3 is 9.64 Å². The number of carbonyl (C=O) groups excluding carboxylic acids is 1. The van der Waals surface area contributed by atoms with E-state index in [9.17, 15) is 14.0 Å². The lowest BCUT2D eigenvalue weighted by Gasteiger charge is -2.32. The van der Waals surface area contributed by atoms with E-state index in [0.717, 1.165) is 0 Å². The minimum absolute atomic E-state index is 0. The van der Waals surface area contributed by atoms with Gasteiger partial charge in [-0.25, -0.2) is 13.9 Å². The average Bonchev–Trinajstić information content (AvgIpc) is 2.66. The van der Waals surface area contributed by atoms with Crippen molar-refractivity contribution in [1.82, 2.24) is 14.7 Å². The summed E-state index contributed by atoms with van der Waals surface area (Å²) in [5.41, 5.74) is 0.386. The van der Waals surface area contributed by atoms with Gasteiger partial charge in [-0.15, -0.1) is 0 Å². The molecule has 2 aromatic rings. The van der Waals surface area contributed by atoms with Gasteiger partial charge in [0.15, 0.2) is 5.82 Å². The number of likely N-dealkylation sites (tertiary alicyclic amines) is 1. The molecule has 1 aliphatic heterocycles.